The molecule has 2 rings (SSSR count). The third-order valence-electron chi connectivity index (χ3n) is 3.07. The summed E-state index contributed by atoms with van der Waals surface area (Å²) in [6.45, 7) is 2.70. The van der Waals surface area contributed by atoms with Gasteiger partial charge in [0, 0.05) is 31.5 Å². The predicted molar refractivity (Wildman–Crippen MR) is 87.8 cm³/mol. The van der Waals surface area contributed by atoms with Gasteiger partial charge in [0.15, 0.2) is 16.3 Å². The van der Waals surface area contributed by atoms with E-state index in [1.54, 1.807) is 25.6 Å². The minimum atomic E-state index is -0.484. The lowest BCUT2D eigenvalue weighted by Gasteiger charge is -2.06. The van der Waals surface area contributed by atoms with Crippen LogP contribution < -0.4 is 11.2 Å². The second-order valence-electron chi connectivity index (χ2n) is 4.63. The quantitative estimate of drug-likeness (QED) is 0.799. The fourth-order valence-corrected chi connectivity index (χ4v) is 3.09. The van der Waals surface area contributed by atoms with Gasteiger partial charge in [0.2, 0.25) is 0 Å². The minimum absolute atomic E-state index is 0.360. The number of hydrogen-bond donors (Lipinski definition) is 1. The van der Waals surface area contributed by atoms with Crippen molar-refractivity contribution in [1.29, 1.82) is 0 Å². The Hall–Kier alpha value is -1.51. The number of aryl methyl sites for hydroxylation is 1. The lowest BCUT2D eigenvalue weighted by Crippen LogP contribution is -2.29. The fourth-order valence-electron chi connectivity index (χ4n) is 1.95. The van der Waals surface area contributed by atoms with Gasteiger partial charge in [0.25, 0.3) is 5.56 Å². The van der Waals surface area contributed by atoms with E-state index in [0.717, 1.165) is 0 Å². The zero-order chi connectivity index (χ0) is 16.3. The lowest BCUT2D eigenvalue weighted by atomic mass is 10.5. The van der Waals surface area contributed by atoms with Crippen LogP contribution in [0.5, 0.6) is 0 Å². The number of hydrogen-bond acceptors (Lipinski definition) is 5. The van der Waals surface area contributed by atoms with Gasteiger partial charge in [-0.1, -0.05) is 29.4 Å². The number of aromatic amines is 1. The monoisotopic (exact) mass is 344 g/mol. The highest BCUT2D eigenvalue weighted by Gasteiger charge is 2.17. The van der Waals surface area contributed by atoms with Crippen molar-refractivity contribution in [3.05, 3.63) is 31.9 Å². The Morgan fingerprint density at radius 2 is 2.23 bits per heavy atom. The van der Waals surface area contributed by atoms with Gasteiger partial charge >= 0.3 is 5.69 Å². The van der Waals surface area contributed by atoms with Gasteiger partial charge in [-0.15, -0.1) is 0 Å². The molecule has 120 valence electrons. The number of imidazole rings is 1. The third-order valence-corrected chi connectivity index (χ3v) is 4.13. The molecule has 22 heavy (non-hydrogen) atoms. The van der Waals surface area contributed by atoms with Crippen LogP contribution in [0.2, 0.25) is 0 Å². The molecular formula is C13H17ClN4O3S. The summed E-state index contributed by atoms with van der Waals surface area (Å²) in [7, 11) is 3.16. The van der Waals surface area contributed by atoms with E-state index >= 15 is 0 Å². The summed E-state index contributed by atoms with van der Waals surface area (Å²) in [5.74, 6) is 0.623. The summed E-state index contributed by atoms with van der Waals surface area (Å²) in [6.07, 6.45) is 1.86. The molecule has 2 aromatic rings. The molecule has 7 nitrogen and oxygen atoms in total. The molecule has 0 unspecified atom stereocenters. The number of H-pyrrole nitrogens is 1. The van der Waals surface area contributed by atoms with Gasteiger partial charge in [-0.05, 0) is 6.92 Å². The Morgan fingerprint density at radius 3 is 2.86 bits per heavy atom. The number of methoxy groups -OCH3 is 1. The summed E-state index contributed by atoms with van der Waals surface area (Å²) in [5.41, 5.74) is -0.202. The van der Waals surface area contributed by atoms with Crippen molar-refractivity contribution in [2.24, 2.45) is 7.05 Å². The zero-order valence-corrected chi connectivity index (χ0v) is 14.1. The summed E-state index contributed by atoms with van der Waals surface area (Å²) in [6, 6.07) is 0. The van der Waals surface area contributed by atoms with Crippen LogP contribution in [0.4, 0.5) is 0 Å². The van der Waals surface area contributed by atoms with E-state index in [9.17, 15) is 9.59 Å². The molecule has 0 bridgehead atoms. The molecular weight excluding hydrogens is 328 g/mol. The average Bonchev–Trinajstić information content (AvgIpc) is 2.81. The SMILES string of the molecule is COCCn1c(SC/C=C(/C)Cl)nc2c1c(=O)[nH]c(=O)n2C. The largest absolute Gasteiger partial charge is 0.383 e. The molecule has 9 heteroatoms. The number of rotatable bonds is 6. The molecule has 0 aliphatic carbocycles. The molecule has 0 fully saturated rings. The summed E-state index contributed by atoms with van der Waals surface area (Å²) < 4.78 is 8.17. The van der Waals surface area contributed by atoms with Crippen molar-refractivity contribution in [2.45, 2.75) is 18.6 Å². The third kappa shape index (κ3) is 3.45. The highest BCUT2D eigenvalue weighted by atomic mass is 35.5. The maximum absolute atomic E-state index is 12.1. The second-order valence-corrected chi connectivity index (χ2v) is 6.21. The molecule has 0 saturated heterocycles. The number of aromatic nitrogens is 4. The van der Waals surface area contributed by atoms with Gasteiger partial charge in [0.1, 0.15) is 0 Å². The van der Waals surface area contributed by atoms with Crippen molar-refractivity contribution >= 4 is 34.5 Å². The van der Waals surface area contributed by atoms with Crippen molar-refractivity contribution < 1.29 is 4.74 Å². The highest BCUT2D eigenvalue weighted by Crippen LogP contribution is 2.22. The molecule has 0 radical (unpaired) electrons. The topological polar surface area (TPSA) is 81.9 Å². The van der Waals surface area contributed by atoms with Crippen LogP contribution in [0.15, 0.2) is 25.9 Å². The molecule has 2 aromatic heterocycles. The summed E-state index contributed by atoms with van der Waals surface area (Å²) in [4.78, 5) is 30.5. The fraction of sp³-hybridized carbons (Fsp3) is 0.462. The first kappa shape index (κ1) is 16.9. The first-order valence-electron chi connectivity index (χ1n) is 6.59. The number of nitrogens with one attached hydrogen (secondary N) is 1. The number of allylic oxidation sites excluding steroid dienone is 1. The molecule has 0 saturated carbocycles. The van der Waals surface area contributed by atoms with Crippen LogP contribution in [0.3, 0.4) is 0 Å². The molecule has 0 aliphatic rings. The van der Waals surface area contributed by atoms with Crippen LogP contribution in [-0.4, -0.2) is 38.6 Å². The Labute approximate surface area is 135 Å². The molecule has 1 N–H and O–H groups in total. The normalized spacial score (nSPS) is 12.3. The number of fused-ring (bicyclic) bond motifs is 1. The first-order valence-corrected chi connectivity index (χ1v) is 7.95. The van der Waals surface area contributed by atoms with E-state index in [0.29, 0.717) is 40.3 Å². The molecule has 0 aromatic carbocycles. The van der Waals surface area contributed by atoms with Crippen LogP contribution in [-0.2, 0) is 18.3 Å². The maximum Gasteiger partial charge on any atom is 0.329 e. The van der Waals surface area contributed by atoms with Crippen LogP contribution in [0, 0.1) is 0 Å². The number of halogens is 1. The first-order chi connectivity index (χ1) is 10.5. The lowest BCUT2D eigenvalue weighted by molar-refractivity contribution is 0.186. The van der Waals surface area contributed by atoms with Crippen molar-refractivity contribution in [1.82, 2.24) is 19.1 Å². The Morgan fingerprint density at radius 1 is 1.50 bits per heavy atom. The van der Waals surface area contributed by atoms with Gasteiger partial charge < -0.3 is 9.30 Å². The van der Waals surface area contributed by atoms with Gasteiger partial charge in [0.05, 0.1) is 6.61 Å². The van der Waals surface area contributed by atoms with E-state index in [-0.39, 0.29) is 0 Å². The molecule has 0 atom stereocenters. The zero-order valence-electron chi connectivity index (χ0n) is 12.6. The van der Waals surface area contributed by atoms with Crippen LogP contribution >= 0.6 is 23.4 Å². The molecule has 2 heterocycles. The van der Waals surface area contributed by atoms with E-state index in [1.165, 1.54) is 16.3 Å². The highest BCUT2D eigenvalue weighted by molar-refractivity contribution is 7.99. The maximum atomic E-state index is 12.1. The van der Waals surface area contributed by atoms with Gasteiger partial charge in [-0.3, -0.25) is 14.3 Å². The van der Waals surface area contributed by atoms with E-state index in [4.69, 9.17) is 16.3 Å². The minimum Gasteiger partial charge on any atom is -0.383 e. The van der Waals surface area contributed by atoms with E-state index in [2.05, 4.69) is 9.97 Å². The molecule has 0 amide bonds. The standard InChI is InChI=1S/C13H17ClN4O3S/c1-8(14)4-7-22-13-15-10-9(18(13)5-6-21-3)11(19)16-12(20)17(10)2/h4H,5-7H2,1-3H3,(H,16,19,20)/b8-4-. The Balaban J connectivity index is 2.56. The number of thioether (sulfide) groups is 1. The van der Waals surface area contributed by atoms with Crippen LogP contribution in [0.25, 0.3) is 11.2 Å². The predicted octanol–water partition coefficient (Wildman–Crippen LogP) is 1.30. The van der Waals surface area contributed by atoms with E-state index < -0.39 is 11.2 Å². The summed E-state index contributed by atoms with van der Waals surface area (Å²) >= 11 is 7.26. The van der Waals surface area contributed by atoms with Gasteiger partial charge in [-0.2, -0.15) is 0 Å². The average molecular weight is 345 g/mol. The van der Waals surface area contributed by atoms with Crippen LogP contribution in [0.1, 0.15) is 6.92 Å². The smallest absolute Gasteiger partial charge is 0.329 e. The Bertz CT molecular complexity index is 817. The number of nitrogens with zero attached hydrogens (tertiary/aromatic N) is 3. The Kier molecular flexibility index (Phi) is 5.49. The second kappa shape index (κ2) is 7.17. The number of ether oxygens (including phenoxy) is 1. The van der Waals surface area contributed by atoms with Gasteiger partial charge in [-0.25, -0.2) is 9.78 Å². The van der Waals surface area contributed by atoms with Crippen molar-refractivity contribution in [3.8, 4) is 0 Å². The van der Waals surface area contributed by atoms with Crippen molar-refractivity contribution in [2.75, 3.05) is 19.5 Å². The molecule has 0 spiro atoms. The molecule has 0 aliphatic heterocycles. The van der Waals surface area contributed by atoms with Crippen molar-refractivity contribution in [3.63, 3.8) is 0 Å². The summed E-state index contributed by atoms with van der Waals surface area (Å²) in [5, 5.41) is 1.34. The van der Waals surface area contributed by atoms with E-state index in [1.807, 2.05) is 6.08 Å².